The number of rotatable bonds is 4. The lowest BCUT2D eigenvalue weighted by Crippen LogP contribution is -2.07. The van der Waals surface area contributed by atoms with E-state index in [1.807, 2.05) is 0 Å². The standard InChI is InChI=1S/C19H22N2O/c1-13-5-4-6-16(9-13)12-21-18-11-15(3)14(2)10-17(18)20-19(21)7-8-22/h4-6,9-11,22H,7-8,12H2,1-3H3. The minimum Gasteiger partial charge on any atom is -0.396 e. The van der Waals surface area contributed by atoms with Gasteiger partial charge in [0.2, 0.25) is 0 Å². The van der Waals surface area contributed by atoms with E-state index in [2.05, 4.69) is 61.7 Å². The van der Waals surface area contributed by atoms with Crippen molar-refractivity contribution in [2.45, 2.75) is 33.7 Å². The van der Waals surface area contributed by atoms with E-state index in [4.69, 9.17) is 4.98 Å². The van der Waals surface area contributed by atoms with Gasteiger partial charge in [-0.15, -0.1) is 0 Å². The van der Waals surface area contributed by atoms with Gasteiger partial charge in [-0.25, -0.2) is 4.98 Å². The van der Waals surface area contributed by atoms with Crippen molar-refractivity contribution >= 4 is 11.0 Å². The summed E-state index contributed by atoms with van der Waals surface area (Å²) >= 11 is 0. The average molecular weight is 294 g/mol. The molecule has 0 unspecified atom stereocenters. The van der Waals surface area contributed by atoms with E-state index < -0.39 is 0 Å². The number of hydrogen-bond donors (Lipinski definition) is 1. The molecular weight excluding hydrogens is 272 g/mol. The highest BCUT2D eigenvalue weighted by atomic mass is 16.3. The predicted octanol–water partition coefficient (Wildman–Crippen LogP) is 3.54. The molecule has 3 heteroatoms. The third-order valence-corrected chi connectivity index (χ3v) is 4.20. The van der Waals surface area contributed by atoms with Gasteiger partial charge in [0, 0.05) is 13.0 Å². The molecule has 0 aliphatic heterocycles. The van der Waals surface area contributed by atoms with Crippen LogP contribution in [0.4, 0.5) is 0 Å². The second-order valence-electron chi connectivity index (χ2n) is 6.00. The number of fused-ring (bicyclic) bond motifs is 1. The van der Waals surface area contributed by atoms with Crippen LogP contribution in [0.3, 0.4) is 0 Å². The number of imidazole rings is 1. The maximum Gasteiger partial charge on any atom is 0.112 e. The minimum atomic E-state index is 0.120. The number of nitrogens with zero attached hydrogens (tertiary/aromatic N) is 2. The Bertz CT molecular complexity index is 818. The summed E-state index contributed by atoms with van der Waals surface area (Å²) in [5.41, 5.74) is 7.21. The first-order valence-corrected chi connectivity index (χ1v) is 7.71. The summed E-state index contributed by atoms with van der Waals surface area (Å²) in [5, 5.41) is 9.34. The lowest BCUT2D eigenvalue weighted by atomic mass is 10.1. The molecule has 0 spiro atoms. The van der Waals surface area contributed by atoms with Gasteiger partial charge < -0.3 is 9.67 Å². The second-order valence-corrected chi connectivity index (χ2v) is 6.00. The highest BCUT2D eigenvalue weighted by Gasteiger charge is 2.12. The maximum atomic E-state index is 9.34. The summed E-state index contributed by atoms with van der Waals surface area (Å²) in [6.45, 7) is 7.26. The number of aliphatic hydroxyl groups excluding tert-OH is 1. The fourth-order valence-corrected chi connectivity index (χ4v) is 2.89. The molecule has 114 valence electrons. The fraction of sp³-hybridized carbons (Fsp3) is 0.316. The van der Waals surface area contributed by atoms with Crippen LogP contribution in [0.25, 0.3) is 11.0 Å². The van der Waals surface area contributed by atoms with Gasteiger partial charge in [0.15, 0.2) is 0 Å². The minimum absolute atomic E-state index is 0.120. The van der Waals surface area contributed by atoms with Crippen LogP contribution >= 0.6 is 0 Å². The van der Waals surface area contributed by atoms with Gasteiger partial charge in [0.05, 0.1) is 17.6 Å². The van der Waals surface area contributed by atoms with Crippen molar-refractivity contribution in [3.8, 4) is 0 Å². The predicted molar refractivity (Wildman–Crippen MR) is 90.3 cm³/mol. The van der Waals surface area contributed by atoms with Gasteiger partial charge in [-0.2, -0.15) is 0 Å². The van der Waals surface area contributed by atoms with Crippen molar-refractivity contribution < 1.29 is 5.11 Å². The Labute approximate surface area is 131 Å². The summed E-state index contributed by atoms with van der Waals surface area (Å²) in [6, 6.07) is 12.9. The number of benzene rings is 2. The summed E-state index contributed by atoms with van der Waals surface area (Å²) < 4.78 is 2.23. The molecule has 1 N–H and O–H groups in total. The zero-order valence-electron chi connectivity index (χ0n) is 13.4. The molecule has 1 heterocycles. The first-order chi connectivity index (χ1) is 10.6. The number of aliphatic hydroxyl groups is 1. The van der Waals surface area contributed by atoms with Crippen LogP contribution in [0.1, 0.15) is 28.1 Å². The van der Waals surface area contributed by atoms with Crippen molar-refractivity contribution in [1.29, 1.82) is 0 Å². The molecule has 22 heavy (non-hydrogen) atoms. The van der Waals surface area contributed by atoms with Gasteiger partial charge in [-0.05, 0) is 49.6 Å². The van der Waals surface area contributed by atoms with Gasteiger partial charge in [-0.1, -0.05) is 29.8 Å². The molecule has 3 nitrogen and oxygen atoms in total. The molecule has 2 aromatic carbocycles. The zero-order chi connectivity index (χ0) is 15.7. The molecule has 0 fully saturated rings. The molecule has 0 aliphatic carbocycles. The smallest absolute Gasteiger partial charge is 0.112 e. The summed E-state index contributed by atoms with van der Waals surface area (Å²) in [7, 11) is 0. The maximum absolute atomic E-state index is 9.34. The molecule has 0 bridgehead atoms. The lowest BCUT2D eigenvalue weighted by molar-refractivity contribution is 0.295. The molecule has 0 saturated heterocycles. The normalized spacial score (nSPS) is 11.3. The van der Waals surface area contributed by atoms with E-state index in [-0.39, 0.29) is 6.61 Å². The van der Waals surface area contributed by atoms with Crippen molar-refractivity contribution in [3.63, 3.8) is 0 Å². The highest BCUT2D eigenvalue weighted by Crippen LogP contribution is 2.22. The van der Waals surface area contributed by atoms with Crippen LogP contribution in [0.5, 0.6) is 0 Å². The molecule has 1 aromatic heterocycles. The summed E-state index contributed by atoms with van der Waals surface area (Å²) in [6.07, 6.45) is 0.582. The Kier molecular flexibility index (Phi) is 3.99. The Hall–Kier alpha value is -2.13. The third-order valence-electron chi connectivity index (χ3n) is 4.20. The van der Waals surface area contributed by atoms with Crippen molar-refractivity contribution in [3.05, 3.63) is 64.5 Å². The summed E-state index contributed by atoms with van der Waals surface area (Å²) in [4.78, 5) is 4.73. The fourth-order valence-electron chi connectivity index (χ4n) is 2.89. The van der Waals surface area contributed by atoms with Gasteiger partial charge in [0.1, 0.15) is 5.82 Å². The van der Waals surface area contributed by atoms with E-state index in [0.717, 1.165) is 23.4 Å². The molecule has 0 amide bonds. The first-order valence-electron chi connectivity index (χ1n) is 7.71. The Balaban J connectivity index is 2.12. The van der Waals surface area contributed by atoms with Crippen LogP contribution < -0.4 is 0 Å². The third kappa shape index (κ3) is 2.77. The van der Waals surface area contributed by atoms with Gasteiger partial charge in [-0.3, -0.25) is 0 Å². The lowest BCUT2D eigenvalue weighted by Gasteiger charge is -2.10. The van der Waals surface area contributed by atoms with Crippen molar-refractivity contribution in [2.75, 3.05) is 6.61 Å². The molecule has 3 aromatic rings. The zero-order valence-corrected chi connectivity index (χ0v) is 13.4. The van der Waals surface area contributed by atoms with Crippen molar-refractivity contribution in [1.82, 2.24) is 9.55 Å². The molecule has 3 rings (SSSR count). The molecule has 0 saturated carbocycles. The number of aryl methyl sites for hydroxylation is 3. The first kappa shape index (κ1) is 14.8. The van der Waals surface area contributed by atoms with E-state index in [9.17, 15) is 5.11 Å². The Morgan fingerprint density at radius 1 is 1.05 bits per heavy atom. The number of hydrogen-bond acceptors (Lipinski definition) is 2. The van der Waals surface area contributed by atoms with Gasteiger partial charge in [0.25, 0.3) is 0 Å². The molecular formula is C19H22N2O. The van der Waals surface area contributed by atoms with E-state index >= 15 is 0 Å². The Morgan fingerprint density at radius 2 is 1.82 bits per heavy atom. The Morgan fingerprint density at radius 3 is 2.55 bits per heavy atom. The van der Waals surface area contributed by atoms with Crippen LogP contribution in [0.2, 0.25) is 0 Å². The van der Waals surface area contributed by atoms with E-state index in [1.165, 1.54) is 22.3 Å². The molecule has 0 atom stereocenters. The van der Waals surface area contributed by atoms with E-state index in [0.29, 0.717) is 6.42 Å². The average Bonchev–Trinajstić information content (AvgIpc) is 2.78. The SMILES string of the molecule is Cc1cccc(Cn2c(CCO)nc3cc(C)c(C)cc32)c1. The summed E-state index contributed by atoms with van der Waals surface area (Å²) in [5.74, 6) is 0.948. The monoisotopic (exact) mass is 294 g/mol. The van der Waals surface area contributed by atoms with E-state index in [1.54, 1.807) is 0 Å². The quantitative estimate of drug-likeness (QED) is 0.799. The van der Waals surface area contributed by atoms with Crippen LogP contribution in [-0.4, -0.2) is 21.3 Å². The van der Waals surface area contributed by atoms with Crippen LogP contribution in [0.15, 0.2) is 36.4 Å². The van der Waals surface area contributed by atoms with Crippen molar-refractivity contribution in [2.24, 2.45) is 0 Å². The highest BCUT2D eigenvalue weighted by molar-refractivity contribution is 5.78. The molecule has 0 radical (unpaired) electrons. The second kappa shape index (κ2) is 5.93. The van der Waals surface area contributed by atoms with Crippen LogP contribution in [0, 0.1) is 20.8 Å². The van der Waals surface area contributed by atoms with Crippen LogP contribution in [-0.2, 0) is 13.0 Å². The van der Waals surface area contributed by atoms with Gasteiger partial charge >= 0.3 is 0 Å². The largest absolute Gasteiger partial charge is 0.396 e. The topological polar surface area (TPSA) is 38.0 Å². The molecule has 0 aliphatic rings. The number of aromatic nitrogens is 2.